The number of nitrogens with two attached hydrogens (primary N) is 1. The van der Waals surface area contributed by atoms with Crippen LogP contribution in [0.1, 0.15) is 26.7 Å². The van der Waals surface area contributed by atoms with Gasteiger partial charge in [-0.2, -0.15) is 0 Å². The van der Waals surface area contributed by atoms with E-state index in [4.69, 9.17) is 10.8 Å². The van der Waals surface area contributed by atoms with Crippen LogP contribution in [0, 0.1) is 0 Å². The Hall–Kier alpha value is -2.24. The zero-order valence-corrected chi connectivity index (χ0v) is 14.7. The van der Waals surface area contributed by atoms with Crippen LogP contribution >= 0.6 is 0 Å². The van der Waals surface area contributed by atoms with Crippen molar-refractivity contribution in [1.82, 2.24) is 15.5 Å². The number of rotatable bonds is 8. The van der Waals surface area contributed by atoms with Crippen LogP contribution in [-0.4, -0.2) is 87.3 Å². The van der Waals surface area contributed by atoms with Gasteiger partial charge in [-0.1, -0.05) is 0 Å². The minimum atomic E-state index is -1.51. The molecule has 0 saturated carbocycles. The Morgan fingerprint density at radius 1 is 1.23 bits per heavy atom. The van der Waals surface area contributed by atoms with Gasteiger partial charge in [0.15, 0.2) is 6.04 Å². The summed E-state index contributed by atoms with van der Waals surface area (Å²) in [4.78, 5) is 48.9. The van der Waals surface area contributed by atoms with Gasteiger partial charge in [0, 0.05) is 6.54 Å². The molecule has 0 bridgehead atoms. The molecule has 1 saturated heterocycles. The molecule has 11 nitrogen and oxygen atoms in total. The Morgan fingerprint density at radius 2 is 1.85 bits per heavy atom. The fraction of sp³-hybridized carbons (Fsp3) is 0.733. The first-order chi connectivity index (χ1) is 12.1. The second-order valence-corrected chi connectivity index (χ2v) is 6.29. The summed E-state index contributed by atoms with van der Waals surface area (Å²) in [5.74, 6) is -3.42. The molecule has 1 heterocycles. The SMILES string of the molecule is C[C@H](N)C(=O)N[C@@H](CO)C(=O)N1CCC[C@H]1C(=O)N[C@H](C(=O)O)[C@@H](C)O. The van der Waals surface area contributed by atoms with E-state index in [9.17, 15) is 29.4 Å². The summed E-state index contributed by atoms with van der Waals surface area (Å²) in [5.41, 5.74) is 5.42. The predicted octanol–water partition coefficient (Wildman–Crippen LogP) is -3.25. The molecular weight excluding hydrogens is 348 g/mol. The molecule has 3 amide bonds. The largest absolute Gasteiger partial charge is 0.480 e. The molecule has 1 aliphatic rings. The van der Waals surface area contributed by atoms with Gasteiger partial charge in [-0.05, 0) is 26.7 Å². The molecule has 5 atom stereocenters. The number of likely N-dealkylation sites (tertiary alicyclic amines) is 1. The molecule has 0 aromatic rings. The van der Waals surface area contributed by atoms with Crippen molar-refractivity contribution < 1.29 is 34.5 Å². The maximum absolute atomic E-state index is 12.6. The first kappa shape index (κ1) is 21.8. The number of aliphatic hydroxyl groups excluding tert-OH is 2. The average molecular weight is 374 g/mol. The van der Waals surface area contributed by atoms with E-state index in [1.54, 1.807) is 0 Å². The average Bonchev–Trinajstić information content (AvgIpc) is 3.05. The summed E-state index contributed by atoms with van der Waals surface area (Å²) < 4.78 is 0. The van der Waals surface area contributed by atoms with Crippen LogP contribution in [0.2, 0.25) is 0 Å². The van der Waals surface area contributed by atoms with E-state index in [1.807, 2.05) is 0 Å². The van der Waals surface area contributed by atoms with E-state index in [2.05, 4.69) is 10.6 Å². The first-order valence-corrected chi connectivity index (χ1v) is 8.28. The van der Waals surface area contributed by atoms with E-state index < -0.39 is 60.6 Å². The highest BCUT2D eigenvalue weighted by molar-refractivity contribution is 5.94. The quantitative estimate of drug-likeness (QED) is 0.256. The third-order valence-corrected chi connectivity index (χ3v) is 4.10. The maximum atomic E-state index is 12.6. The Balaban J connectivity index is 2.84. The van der Waals surface area contributed by atoms with Crippen LogP contribution in [-0.2, 0) is 19.2 Å². The molecule has 0 unspecified atom stereocenters. The lowest BCUT2D eigenvalue weighted by Gasteiger charge is -2.29. The van der Waals surface area contributed by atoms with Crippen molar-refractivity contribution >= 4 is 23.7 Å². The normalized spacial score (nSPS) is 21.4. The summed E-state index contributed by atoms with van der Waals surface area (Å²) in [6.07, 6.45) is -0.531. The number of aliphatic carboxylic acids is 1. The second-order valence-electron chi connectivity index (χ2n) is 6.29. The highest BCUT2D eigenvalue weighted by Gasteiger charge is 2.39. The van der Waals surface area contributed by atoms with Gasteiger partial charge < -0.3 is 36.6 Å². The molecule has 0 spiro atoms. The fourth-order valence-corrected chi connectivity index (χ4v) is 2.63. The molecular formula is C15H26N4O7. The number of carbonyl (C=O) groups is 4. The maximum Gasteiger partial charge on any atom is 0.328 e. The smallest absolute Gasteiger partial charge is 0.328 e. The predicted molar refractivity (Wildman–Crippen MR) is 88.6 cm³/mol. The lowest BCUT2D eigenvalue weighted by atomic mass is 10.1. The Labute approximate surface area is 150 Å². The summed E-state index contributed by atoms with van der Waals surface area (Å²) in [6.45, 7) is 2.19. The third-order valence-electron chi connectivity index (χ3n) is 4.10. The first-order valence-electron chi connectivity index (χ1n) is 8.28. The Bertz CT molecular complexity index is 552. The summed E-state index contributed by atoms with van der Waals surface area (Å²) >= 11 is 0. The van der Waals surface area contributed by atoms with Crippen molar-refractivity contribution in [3.63, 3.8) is 0 Å². The number of carbonyl (C=O) groups excluding carboxylic acids is 3. The van der Waals surface area contributed by atoms with Crippen molar-refractivity contribution in [2.75, 3.05) is 13.2 Å². The topological polar surface area (TPSA) is 182 Å². The molecule has 0 aliphatic carbocycles. The number of amides is 3. The highest BCUT2D eigenvalue weighted by atomic mass is 16.4. The van der Waals surface area contributed by atoms with Gasteiger partial charge in [-0.3, -0.25) is 14.4 Å². The van der Waals surface area contributed by atoms with Gasteiger partial charge in [-0.25, -0.2) is 4.79 Å². The summed E-state index contributed by atoms with van der Waals surface area (Å²) in [6, 6.07) is -4.60. The number of nitrogens with zero attached hydrogens (tertiary/aromatic N) is 1. The highest BCUT2D eigenvalue weighted by Crippen LogP contribution is 2.19. The van der Waals surface area contributed by atoms with Crippen LogP contribution < -0.4 is 16.4 Å². The van der Waals surface area contributed by atoms with Gasteiger partial charge in [0.25, 0.3) is 0 Å². The van der Waals surface area contributed by atoms with E-state index >= 15 is 0 Å². The molecule has 148 valence electrons. The lowest BCUT2D eigenvalue weighted by molar-refractivity contribution is -0.147. The molecule has 1 rings (SSSR count). The molecule has 26 heavy (non-hydrogen) atoms. The number of carboxylic acids is 1. The van der Waals surface area contributed by atoms with Gasteiger partial charge in [0.05, 0.1) is 18.8 Å². The molecule has 7 N–H and O–H groups in total. The monoisotopic (exact) mass is 374 g/mol. The Morgan fingerprint density at radius 3 is 2.31 bits per heavy atom. The number of hydrogen-bond donors (Lipinski definition) is 6. The van der Waals surface area contributed by atoms with E-state index in [1.165, 1.54) is 18.7 Å². The van der Waals surface area contributed by atoms with Crippen molar-refractivity contribution in [1.29, 1.82) is 0 Å². The number of carboxylic acid groups (broad SMARTS) is 1. The third kappa shape index (κ3) is 5.38. The van der Waals surface area contributed by atoms with Crippen LogP contribution in [0.4, 0.5) is 0 Å². The van der Waals surface area contributed by atoms with E-state index in [0.717, 1.165) is 0 Å². The number of nitrogens with one attached hydrogen (secondary N) is 2. The molecule has 0 radical (unpaired) electrons. The number of hydrogen-bond acceptors (Lipinski definition) is 7. The molecule has 1 fully saturated rings. The van der Waals surface area contributed by atoms with Crippen molar-refractivity contribution in [3.05, 3.63) is 0 Å². The van der Waals surface area contributed by atoms with Crippen LogP contribution in [0.3, 0.4) is 0 Å². The van der Waals surface area contributed by atoms with Gasteiger partial charge >= 0.3 is 5.97 Å². The summed E-state index contributed by atoms with van der Waals surface area (Å²) in [7, 11) is 0. The molecule has 11 heteroatoms. The van der Waals surface area contributed by atoms with Crippen molar-refractivity contribution in [2.45, 2.75) is 57.0 Å². The van der Waals surface area contributed by atoms with Gasteiger partial charge in [0.1, 0.15) is 12.1 Å². The Kier molecular flexibility index (Phi) is 7.93. The van der Waals surface area contributed by atoms with Crippen molar-refractivity contribution in [3.8, 4) is 0 Å². The zero-order chi connectivity index (χ0) is 20.0. The van der Waals surface area contributed by atoms with E-state index in [0.29, 0.717) is 12.8 Å². The lowest BCUT2D eigenvalue weighted by Crippen LogP contribution is -2.58. The minimum Gasteiger partial charge on any atom is -0.480 e. The van der Waals surface area contributed by atoms with Crippen molar-refractivity contribution in [2.24, 2.45) is 5.73 Å². The fourth-order valence-electron chi connectivity index (χ4n) is 2.63. The number of aliphatic hydroxyl groups is 2. The molecule has 0 aromatic heterocycles. The van der Waals surface area contributed by atoms with E-state index in [-0.39, 0.29) is 6.54 Å². The minimum absolute atomic E-state index is 0.216. The second kappa shape index (κ2) is 9.46. The standard InChI is InChI=1S/C15H26N4O7/c1-7(16)12(22)17-9(6-20)14(24)19-5-3-4-10(19)13(23)18-11(8(2)21)15(25)26/h7-11,20-21H,3-6,16H2,1-2H3,(H,17,22)(H,18,23)(H,25,26)/t7-,8+,9-,10-,11-/m0/s1. The van der Waals surface area contributed by atoms with Gasteiger partial charge in [0.2, 0.25) is 17.7 Å². The van der Waals surface area contributed by atoms with Crippen LogP contribution in [0.25, 0.3) is 0 Å². The summed E-state index contributed by atoms with van der Waals surface area (Å²) in [5, 5.41) is 32.4. The molecule has 1 aliphatic heterocycles. The van der Waals surface area contributed by atoms with Gasteiger partial charge in [-0.15, -0.1) is 0 Å². The molecule has 0 aromatic carbocycles. The van der Waals surface area contributed by atoms with Crippen LogP contribution in [0.15, 0.2) is 0 Å². The zero-order valence-electron chi connectivity index (χ0n) is 14.7. The van der Waals surface area contributed by atoms with Crippen LogP contribution in [0.5, 0.6) is 0 Å².